The number of anilines is 1. The highest BCUT2D eigenvalue weighted by molar-refractivity contribution is 5.88. The highest BCUT2D eigenvalue weighted by Crippen LogP contribution is 2.45. The van der Waals surface area contributed by atoms with Crippen molar-refractivity contribution in [1.82, 2.24) is 35.2 Å². The zero-order chi connectivity index (χ0) is 66.1. The highest BCUT2D eigenvalue weighted by atomic mass is 19.4. The minimum Gasteiger partial charge on any atom is -0.469 e. The fourth-order valence-electron chi connectivity index (χ4n) is 10.7. The summed E-state index contributed by atoms with van der Waals surface area (Å²) in [6.45, 7) is 9.01. The van der Waals surface area contributed by atoms with E-state index in [0.717, 1.165) is 105 Å². The predicted octanol–water partition coefficient (Wildman–Crippen LogP) is 9.36. The first-order valence-electron chi connectivity index (χ1n) is 28.5. The molecule has 2 aromatic carbocycles. The van der Waals surface area contributed by atoms with Crippen molar-refractivity contribution in [3.8, 4) is 23.0 Å². The lowest BCUT2D eigenvalue weighted by Gasteiger charge is -2.46. The SMILES string of the molecule is COC(=O)C[C@H](C(N)=O)C(C)(C)C(F)(F)F.COC(=O)N[C@H](C(=O)C[C@@H](Cc1ccc(C#Cc2ccc(N3CC4CCC(C3)N4CC3CN(C(=O)OC(C)(C)C)C3)nc2)cc1)[C@@H](O)CNCc1c(F)cc(-c2cnn(C(F)F)c2)cc1F)C(C)(C)C(F)(F)F. The van der Waals surface area contributed by atoms with Crippen molar-refractivity contribution < 1.29 is 87.2 Å². The monoisotopic (exact) mass is 1270 g/mol. The molecule has 3 aliphatic rings. The maximum Gasteiger partial charge on any atom is 0.410 e. The van der Waals surface area contributed by atoms with E-state index in [-0.39, 0.29) is 30.2 Å². The van der Waals surface area contributed by atoms with E-state index in [4.69, 9.17) is 15.5 Å². The van der Waals surface area contributed by atoms with Crippen molar-refractivity contribution >= 4 is 35.7 Å². The molecular formula is C61H75F10N9O9. The average Bonchev–Trinajstić information content (AvgIpc) is 2.85. The van der Waals surface area contributed by atoms with Crippen molar-refractivity contribution in [3.63, 3.8) is 0 Å². The molecule has 18 nitrogen and oxygen atoms in total. The van der Waals surface area contributed by atoms with E-state index in [2.05, 4.69) is 41.5 Å². The van der Waals surface area contributed by atoms with Gasteiger partial charge in [-0.2, -0.15) is 40.2 Å². The summed E-state index contributed by atoms with van der Waals surface area (Å²) in [5.41, 5.74) is 0.644. The van der Waals surface area contributed by atoms with Crippen LogP contribution in [0.4, 0.5) is 59.3 Å². The number of amides is 3. The summed E-state index contributed by atoms with van der Waals surface area (Å²) in [7, 11) is 1.96. The van der Waals surface area contributed by atoms with Gasteiger partial charge in [0.25, 0.3) is 0 Å². The number of aliphatic hydroxyl groups is 1. The Morgan fingerprint density at radius 1 is 0.775 bits per heavy atom. The van der Waals surface area contributed by atoms with Gasteiger partial charge in [-0.05, 0) is 107 Å². The number of methoxy groups -OCH3 is 2. The molecule has 28 heteroatoms. The molecule has 89 heavy (non-hydrogen) atoms. The van der Waals surface area contributed by atoms with Crippen LogP contribution >= 0.6 is 0 Å². The summed E-state index contributed by atoms with van der Waals surface area (Å²) >= 11 is 0. The lowest BCUT2D eigenvalue weighted by atomic mass is 9.76. The Hall–Kier alpha value is -7.51. The van der Waals surface area contributed by atoms with Gasteiger partial charge >= 0.3 is 37.1 Å². The van der Waals surface area contributed by atoms with Crippen molar-refractivity contribution in [1.29, 1.82) is 0 Å². The quantitative estimate of drug-likeness (QED) is 0.0264. The number of Topliss-reactive ketones (excluding diaryl/α,β-unsaturated/α-hetero) is 1. The average molecular weight is 1270 g/mol. The Kier molecular flexibility index (Phi) is 23.0. The Labute approximate surface area is 509 Å². The van der Waals surface area contributed by atoms with Crippen LogP contribution in [0.5, 0.6) is 0 Å². The predicted molar refractivity (Wildman–Crippen MR) is 305 cm³/mol. The summed E-state index contributed by atoms with van der Waals surface area (Å²) in [5, 5.41) is 19.7. The number of esters is 1. The number of alkyl halides is 8. The van der Waals surface area contributed by atoms with Crippen LogP contribution in [0.15, 0.2) is 67.1 Å². The van der Waals surface area contributed by atoms with Gasteiger partial charge in [-0.3, -0.25) is 19.3 Å². The van der Waals surface area contributed by atoms with Gasteiger partial charge in [0.1, 0.15) is 29.1 Å². The molecule has 7 rings (SSSR count). The minimum atomic E-state index is -4.95. The first-order chi connectivity index (χ1) is 41.4. The topological polar surface area (TPSA) is 224 Å². The molecule has 3 amide bonds. The van der Waals surface area contributed by atoms with Crippen molar-refractivity contribution in [3.05, 3.63) is 101 Å². The second-order valence-electron chi connectivity index (χ2n) is 24.6. The number of pyridine rings is 1. The second kappa shape index (κ2) is 29.0. The largest absolute Gasteiger partial charge is 0.469 e. The van der Waals surface area contributed by atoms with Crippen LogP contribution in [-0.2, 0) is 41.6 Å². The number of nitrogens with zero attached hydrogens (tertiary/aromatic N) is 6. The molecule has 0 aliphatic carbocycles. The lowest BCUT2D eigenvalue weighted by Crippen LogP contribution is -2.60. The van der Waals surface area contributed by atoms with Crippen molar-refractivity contribution in [2.45, 2.75) is 136 Å². The number of ketones is 1. The van der Waals surface area contributed by atoms with Gasteiger partial charge in [0, 0.05) is 105 Å². The normalized spacial score (nSPS) is 17.9. The van der Waals surface area contributed by atoms with Gasteiger partial charge in [0.2, 0.25) is 5.91 Å². The first kappa shape index (κ1) is 70.6. The van der Waals surface area contributed by atoms with E-state index >= 15 is 8.78 Å². The fourth-order valence-corrected chi connectivity index (χ4v) is 10.7. The number of carbonyl (C=O) groups is 5. The first-order valence-corrected chi connectivity index (χ1v) is 28.5. The Morgan fingerprint density at radius 3 is 1.87 bits per heavy atom. The van der Waals surface area contributed by atoms with Crippen LogP contribution < -0.4 is 21.3 Å². The highest BCUT2D eigenvalue weighted by Gasteiger charge is 2.56. The molecule has 2 unspecified atom stereocenters. The molecule has 0 spiro atoms. The number of alkyl carbamates (subject to hydrolysis) is 1. The van der Waals surface area contributed by atoms with Crippen molar-refractivity contribution in [2.75, 3.05) is 58.4 Å². The smallest absolute Gasteiger partial charge is 0.410 e. The third-order valence-corrected chi connectivity index (χ3v) is 16.3. The molecule has 4 aromatic rings. The molecule has 3 aliphatic heterocycles. The Bertz CT molecular complexity index is 3140. The molecular weight excluding hydrogens is 1190 g/mol. The number of hydrogen-bond donors (Lipinski definition) is 4. The number of hydrogen-bond acceptors (Lipinski definition) is 14. The van der Waals surface area contributed by atoms with Gasteiger partial charge in [0.15, 0.2) is 5.78 Å². The maximum atomic E-state index is 15.2. The standard InChI is InChI=1S/C52H61F7N8O6.C9H14F3NO3/c1-50(2,3)73-49(71)65-25-34(26-65)27-66-38-14-15-39(66)30-64(29-38)45-16-13-33(21-61-45)12-9-31-7-10-32(11-8-31)17-36(20-43(68)46(63-48(70)72-6)51(4,5)52(57,58)59)44(69)24-60-23-40-41(53)18-35(19-42(40)54)37-22-62-67(28-37)47(55)56;1-8(2,9(10,11)12)5(7(13)15)4-6(14)16-3/h7-8,10-11,13,16,18-19,21-22,28,34,36,38-39,44,46-47,60,69H,14-15,17,20,23-27,29-30H2,1-6H3,(H,63,70);5H,4H2,1-3H3,(H2,13,15)/t36-,38?,39?,44+,46-;5-/m11/s1. The van der Waals surface area contributed by atoms with Gasteiger partial charge in [-0.25, -0.2) is 28.0 Å². The van der Waals surface area contributed by atoms with E-state index in [1.807, 2.05) is 38.2 Å². The number of carbonyl (C=O) groups excluding carboxylic acids is 5. The second-order valence-corrected chi connectivity index (χ2v) is 24.6. The number of aliphatic hydroxyl groups excluding tert-OH is 1. The van der Waals surface area contributed by atoms with E-state index < -0.39 is 120 Å². The number of fused-ring (bicyclic) bond motifs is 2. The lowest BCUT2D eigenvalue weighted by molar-refractivity contribution is -0.229. The number of nitrogens with two attached hydrogens (primary N) is 1. The number of primary amides is 1. The summed E-state index contributed by atoms with van der Waals surface area (Å²) in [4.78, 5) is 71.7. The van der Waals surface area contributed by atoms with Crippen LogP contribution in [-0.4, -0.2) is 155 Å². The maximum absolute atomic E-state index is 15.2. The van der Waals surface area contributed by atoms with Crippen LogP contribution in [0.1, 0.15) is 103 Å². The molecule has 2 aromatic heterocycles. The number of piperazine rings is 1. The number of likely N-dealkylation sites (tertiary alicyclic amines) is 1. The Morgan fingerprint density at radius 2 is 1.36 bits per heavy atom. The Balaban J connectivity index is 0.000000691. The molecule has 6 atom stereocenters. The van der Waals surface area contributed by atoms with E-state index in [0.29, 0.717) is 52.5 Å². The van der Waals surface area contributed by atoms with Gasteiger partial charge < -0.3 is 45.5 Å². The summed E-state index contributed by atoms with van der Waals surface area (Å²) in [6, 6.07) is 11.2. The molecule has 5 heterocycles. The molecule has 2 bridgehead atoms. The van der Waals surface area contributed by atoms with Crippen LogP contribution in [0.25, 0.3) is 11.1 Å². The third kappa shape index (κ3) is 18.3. The van der Waals surface area contributed by atoms with E-state index in [1.54, 1.807) is 35.4 Å². The summed E-state index contributed by atoms with van der Waals surface area (Å²) in [6.07, 6.45) is -8.07. The fraction of sp³-hybridized carbons (Fsp3) is 0.557. The number of halogens is 10. The van der Waals surface area contributed by atoms with Crippen LogP contribution in [0.3, 0.4) is 0 Å². The zero-order valence-electron chi connectivity index (χ0n) is 50.7. The number of aromatic nitrogens is 3. The molecule has 3 saturated heterocycles. The number of rotatable bonds is 21. The molecule has 3 fully saturated rings. The minimum absolute atomic E-state index is 0.0435. The van der Waals surface area contributed by atoms with Crippen LogP contribution in [0, 0.1) is 52.1 Å². The molecule has 488 valence electrons. The molecule has 5 N–H and O–H groups in total. The molecule has 0 radical (unpaired) electrons. The molecule has 0 saturated carbocycles. The van der Waals surface area contributed by atoms with E-state index in [1.165, 1.54) is 0 Å². The van der Waals surface area contributed by atoms with E-state index in [9.17, 15) is 64.2 Å². The van der Waals surface area contributed by atoms with Gasteiger partial charge in [0.05, 0.1) is 49.7 Å². The summed E-state index contributed by atoms with van der Waals surface area (Å²) < 4.78 is 152. The number of benzene rings is 2. The summed E-state index contributed by atoms with van der Waals surface area (Å²) in [5.74, 6) is -0.379. The zero-order valence-corrected chi connectivity index (χ0v) is 50.7. The third-order valence-electron chi connectivity index (χ3n) is 16.3. The van der Waals surface area contributed by atoms with Gasteiger partial charge in [-0.1, -0.05) is 37.8 Å². The van der Waals surface area contributed by atoms with Crippen LogP contribution in [0.2, 0.25) is 0 Å². The number of nitrogens with one attached hydrogen (secondary N) is 2. The number of ether oxygens (including phenoxy) is 3. The van der Waals surface area contributed by atoms with Crippen molar-refractivity contribution in [2.24, 2.45) is 34.3 Å². The van der Waals surface area contributed by atoms with Gasteiger partial charge in [-0.15, -0.1) is 0 Å².